The molecular weight excluding hydrogens is 631 g/mol. The van der Waals surface area contributed by atoms with E-state index in [1.807, 2.05) is 0 Å². The summed E-state index contributed by atoms with van der Waals surface area (Å²) in [5, 5.41) is 35.6. The third-order valence-corrected chi connectivity index (χ3v) is 9.94. The van der Waals surface area contributed by atoms with Crippen molar-refractivity contribution in [3.8, 4) is 0 Å². The van der Waals surface area contributed by atoms with Crippen LogP contribution in [0.5, 0.6) is 0 Å². The van der Waals surface area contributed by atoms with E-state index in [9.17, 15) is 29.5 Å². The van der Waals surface area contributed by atoms with E-state index in [1.54, 1.807) is 18.3 Å². The fourth-order valence-electron chi connectivity index (χ4n) is 3.79. The molecule has 3 amide bonds. The minimum atomic E-state index is -1.29. The minimum Gasteiger partial charge on any atom is -0.477 e. The van der Waals surface area contributed by atoms with Gasteiger partial charge in [-0.15, -0.1) is 11.8 Å². The number of thioether (sulfide) groups is 3. The summed E-state index contributed by atoms with van der Waals surface area (Å²) in [7, 11) is 0. The molecule has 0 saturated carbocycles. The van der Waals surface area contributed by atoms with Gasteiger partial charge in [-0.25, -0.2) is 4.79 Å². The van der Waals surface area contributed by atoms with Crippen LogP contribution in [0.15, 0.2) is 39.0 Å². The average Bonchev–Trinajstić information content (AvgIpc) is 3.41. The number of carbonyl (C=O) groups is 4. The Balaban J connectivity index is 1.41. The highest BCUT2D eigenvalue weighted by molar-refractivity contribution is 8.06. The van der Waals surface area contributed by atoms with Gasteiger partial charge in [0, 0.05) is 51.3 Å². The van der Waals surface area contributed by atoms with Crippen LogP contribution in [0.4, 0.5) is 5.13 Å². The first-order valence-electron chi connectivity index (χ1n) is 12.0. The molecule has 224 valence electrons. The van der Waals surface area contributed by atoms with Crippen molar-refractivity contribution in [1.29, 1.82) is 0 Å². The molecule has 0 radical (unpaired) electrons. The standard InChI is InChI=1S/C22H25N9O7S4/c23-9(6-32)17(33)26-4-5-39-7-10-11(2-1-3-25-10)41-12-8-40-20-14(19(35)31(20)15(12)21(36)37)27-18(34)13(29-38)16-28-22(24)42-30-16/h1-3,9,14,20,32,38H,4-8,23H2,(H,26,33)(H,27,34)(H,36,37)(H2,24,28,30)/b29-13-/t9-,14?,20?/m0/s1. The molecule has 4 heterocycles. The van der Waals surface area contributed by atoms with Gasteiger partial charge < -0.3 is 37.5 Å². The van der Waals surface area contributed by atoms with Crippen molar-refractivity contribution in [2.75, 3.05) is 30.4 Å². The van der Waals surface area contributed by atoms with Gasteiger partial charge in [-0.2, -0.15) is 21.1 Å². The summed E-state index contributed by atoms with van der Waals surface area (Å²) in [5.74, 6) is -2.22. The number of aromatic nitrogens is 3. The lowest BCUT2D eigenvalue weighted by molar-refractivity contribution is -0.150. The molecule has 16 nitrogen and oxygen atoms in total. The number of amides is 3. The SMILES string of the molecule is Nc1nc(/C(=N/O)C(=O)NC2C(=O)N3C(C(=O)O)=C(Sc4cccnc4CSCCNC(=O)[C@@H](N)CO)CSC23)ns1. The van der Waals surface area contributed by atoms with Crippen LogP contribution in [-0.4, -0.2) is 106 Å². The number of pyridine rings is 1. The van der Waals surface area contributed by atoms with E-state index >= 15 is 0 Å². The molecule has 42 heavy (non-hydrogen) atoms. The van der Waals surface area contributed by atoms with E-state index in [0.717, 1.165) is 16.4 Å². The molecule has 2 aliphatic heterocycles. The van der Waals surface area contributed by atoms with Crippen molar-refractivity contribution in [1.82, 2.24) is 29.9 Å². The van der Waals surface area contributed by atoms with Crippen molar-refractivity contribution in [2.45, 2.75) is 28.1 Å². The smallest absolute Gasteiger partial charge is 0.353 e. The number of β-lactam (4-membered cyclic amide) rings is 1. The normalized spacial score (nSPS) is 19.1. The Morgan fingerprint density at radius 1 is 1.33 bits per heavy atom. The molecule has 2 unspecified atom stereocenters. The number of rotatable bonds is 13. The Labute approximate surface area is 254 Å². The summed E-state index contributed by atoms with van der Waals surface area (Å²) in [6.45, 7) is -0.104. The number of hydrogen-bond donors (Lipinski definition) is 7. The highest BCUT2D eigenvalue weighted by atomic mass is 32.2. The van der Waals surface area contributed by atoms with Gasteiger partial charge in [0.15, 0.2) is 5.13 Å². The monoisotopic (exact) mass is 655 g/mol. The van der Waals surface area contributed by atoms with Gasteiger partial charge in [0.05, 0.1) is 12.3 Å². The second kappa shape index (κ2) is 14.2. The van der Waals surface area contributed by atoms with Crippen LogP contribution in [0.3, 0.4) is 0 Å². The molecule has 0 spiro atoms. The van der Waals surface area contributed by atoms with Crippen molar-refractivity contribution < 1.29 is 34.6 Å². The molecule has 0 aromatic carbocycles. The number of aliphatic hydroxyl groups excluding tert-OH is 1. The number of nitrogens with two attached hydrogens (primary N) is 2. The molecule has 0 aliphatic carbocycles. The molecular formula is C22H25N9O7S4. The van der Waals surface area contributed by atoms with Gasteiger partial charge in [0.2, 0.25) is 17.4 Å². The van der Waals surface area contributed by atoms with Crippen LogP contribution in [0.25, 0.3) is 0 Å². The summed E-state index contributed by atoms with van der Waals surface area (Å²) >= 11 is 4.76. The highest BCUT2D eigenvalue weighted by Gasteiger charge is 2.54. The number of nitrogens with zero attached hydrogens (tertiary/aromatic N) is 5. The van der Waals surface area contributed by atoms with E-state index in [4.69, 9.17) is 16.6 Å². The zero-order chi connectivity index (χ0) is 30.4. The number of carboxylic acids is 1. The van der Waals surface area contributed by atoms with Crippen molar-refractivity contribution in [3.05, 3.63) is 40.5 Å². The second-order valence-electron chi connectivity index (χ2n) is 8.53. The van der Waals surface area contributed by atoms with E-state index in [2.05, 4.69) is 30.1 Å². The van der Waals surface area contributed by atoms with Gasteiger partial charge in [-0.1, -0.05) is 16.9 Å². The Kier molecular flexibility index (Phi) is 10.6. The molecule has 0 bridgehead atoms. The first kappa shape index (κ1) is 31.5. The number of nitrogens with one attached hydrogen (secondary N) is 2. The number of aliphatic hydroxyl groups is 1. The van der Waals surface area contributed by atoms with E-state index < -0.39 is 53.5 Å². The maximum absolute atomic E-state index is 13.0. The molecule has 20 heteroatoms. The topological polar surface area (TPSA) is 259 Å². The third-order valence-electron chi connectivity index (χ3n) is 5.79. The summed E-state index contributed by atoms with van der Waals surface area (Å²) in [6, 6.07) is 1.48. The summed E-state index contributed by atoms with van der Waals surface area (Å²) < 4.78 is 3.83. The Hall–Kier alpha value is -3.43. The molecule has 9 N–H and O–H groups in total. The molecule has 1 fully saturated rings. The van der Waals surface area contributed by atoms with Crippen LogP contribution in [0.2, 0.25) is 0 Å². The molecule has 2 aromatic heterocycles. The van der Waals surface area contributed by atoms with Gasteiger partial charge in [-0.3, -0.25) is 24.3 Å². The summed E-state index contributed by atoms with van der Waals surface area (Å²) in [4.78, 5) is 60.2. The number of carboxylic acid groups (broad SMARTS) is 1. The van der Waals surface area contributed by atoms with Crippen LogP contribution in [0, 0.1) is 0 Å². The first-order valence-corrected chi connectivity index (χ1v) is 15.8. The average molecular weight is 656 g/mol. The predicted molar refractivity (Wildman–Crippen MR) is 157 cm³/mol. The maximum Gasteiger partial charge on any atom is 0.353 e. The second-order valence-corrected chi connectivity index (χ2v) is 12.7. The predicted octanol–water partition coefficient (Wildman–Crippen LogP) is -1.15. The lowest BCUT2D eigenvalue weighted by Crippen LogP contribution is -2.71. The highest BCUT2D eigenvalue weighted by Crippen LogP contribution is 2.45. The number of fused-ring (bicyclic) bond motifs is 1. The number of nitrogen functional groups attached to an aromatic ring is 1. The zero-order valence-corrected chi connectivity index (χ0v) is 24.8. The van der Waals surface area contributed by atoms with E-state index in [-0.39, 0.29) is 22.4 Å². The van der Waals surface area contributed by atoms with Gasteiger partial charge >= 0.3 is 5.97 Å². The molecule has 1 saturated heterocycles. The van der Waals surface area contributed by atoms with Crippen molar-refractivity contribution in [2.24, 2.45) is 10.9 Å². The largest absolute Gasteiger partial charge is 0.477 e. The molecule has 3 atom stereocenters. The van der Waals surface area contributed by atoms with Gasteiger partial charge in [0.25, 0.3) is 11.8 Å². The lowest BCUT2D eigenvalue weighted by Gasteiger charge is -2.49. The Morgan fingerprint density at radius 2 is 2.12 bits per heavy atom. The number of aliphatic carboxylic acids is 1. The van der Waals surface area contributed by atoms with Crippen LogP contribution in [0.1, 0.15) is 11.5 Å². The Morgan fingerprint density at radius 3 is 2.79 bits per heavy atom. The molecule has 4 rings (SSSR count). The lowest BCUT2D eigenvalue weighted by atomic mass is 10.0. The fraction of sp³-hybridized carbons (Fsp3) is 0.364. The van der Waals surface area contributed by atoms with Crippen LogP contribution < -0.4 is 22.1 Å². The Bertz CT molecular complexity index is 1440. The molecule has 2 aromatic rings. The van der Waals surface area contributed by atoms with E-state index in [0.29, 0.717) is 33.5 Å². The van der Waals surface area contributed by atoms with Gasteiger partial charge in [0.1, 0.15) is 23.2 Å². The number of oxime groups is 1. The van der Waals surface area contributed by atoms with Gasteiger partial charge in [-0.05, 0) is 12.1 Å². The third kappa shape index (κ3) is 6.95. The molecule has 2 aliphatic rings. The summed E-state index contributed by atoms with van der Waals surface area (Å²) in [6.07, 6.45) is 1.62. The maximum atomic E-state index is 13.0. The number of hydrogen-bond acceptors (Lipinski definition) is 16. The van der Waals surface area contributed by atoms with E-state index in [1.165, 1.54) is 35.3 Å². The minimum absolute atomic E-state index is 0.0530. The van der Waals surface area contributed by atoms with Crippen molar-refractivity contribution in [3.63, 3.8) is 0 Å². The fourth-order valence-corrected chi connectivity index (χ4v) is 7.70. The van der Waals surface area contributed by atoms with Crippen LogP contribution >= 0.6 is 46.8 Å². The number of anilines is 1. The quantitative estimate of drug-likeness (QED) is 0.0442. The number of carbonyl (C=O) groups excluding carboxylic acids is 3. The first-order chi connectivity index (χ1) is 20.2. The zero-order valence-electron chi connectivity index (χ0n) is 21.5. The summed E-state index contributed by atoms with van der Waals surface area (Å²) in [5.41, 5.74) is 11.0. The van der Waals surface area contributed by atoms with Crippen molar-refractivity contribution >= 4 is 81.4 Å². The van der Waals surface area contributed by atoms with Crippen LogP contribution in [-0.2, 0) is 24.9 Å².